The van der Waals surface area contributed by atoms with Crippen LogP contribution in [0, 0.1) is 11.3 Å². The number of nitrogens with zero attached hydrogens (tertiary/aromatic N) is 2. The molecule has 0 fully saturated rings. The second kappa shape index (κ2) is 2.99. The quantitative estimate of drug-likeness (QED) is 0.632. The van der Waals surface area contributed by atoms with E-state index in [2.05, 4.69) is 16.3 Å². The van der Waals surface area contributed by atoms with Crippen molar-refractivity contribution in [2.24, 2.45) is 0 Å². The van der Waals surface area contributed by atoms with E-state index in [4.69, 9.17) is 5.26 Å². The molecule has 4 nitrogen and oxygen atoms in total. The third-order valence-electron chi connectivity index (χ3n) is 1.20. The van der Waals surface area contributed by atoms with Crippen molar-refractivity contribution in [3.8, 4) is 6.07 Å². The lowest BCUT2D eigenvalue weighted by atomic mass is 10.1. The molecule has 1 N–H and O–H groups in total. The number of nitriles is 1. The minimum absolute atomic E-state index is 0.0433. The number of hydrogen-bond donors (Lipinski definition) is 1. The Labute approximate surface area is 63.4 Å². The molecule has 0 aliphatic heterocycles. The molecule has 1 aromatic rings. The Hall–Kier alpha value is -1.60. The summed E-state index contributed by atoms with van der Waals surface area (Å²) in [7, 11) is 0. The fourth-order valence-corrected chi connectivity index (χ4v) is 0.600. The highest BCUT2D eigenvalue weighted by molar-refractivity contribution is 5.25. The Morgan fingerprint density at radius 2 is 2.64 bits per heavy atom. The van der Waals surface area contributed by atoms with Gasteiger partial charge in [0.05, 0.1) is 17.8 Å². The summed E-state index contributed by atoms with van der Waals surface area (Å²) < 4.78 is 4.61. The van der Waals surface area contributed by atoms with Gasteiger partial charge in [-0.1, -0.05) is 11.7 Å². The zero-order chi connectivity index (χ0) is 8.27. The molecule has 0 aromatic carbocycles. The highest BCUT2D eigenvalue weighted by Gasteiger charge is 2.14. The third kappa shape index (κ3) is 1.45. The summed E-state index contributed by atoms with van der Waals surface area (Å²) in [6, 6.07) is 3.20. The molecular weight excluding hydrogens is 144 g/mol. The van der Waals surface area contributed by atoms with Crippen LogP contribution in [0.5, 0.6) is 0 Å². The van der Waals surface area contributed by atoms with E-state index in [0.717, 1.165) is 0 Å². The number of aliphatic hydroxyl groups is 1. The summed E-state index contributed by atoms with van der Waals surface area (Å²) in [6.45, 7) is 3.33. The largest absolute Gasteiger partial charge is 0.380 e. The Balaban J connectivity index is 2.80. The van der Waals surface area contributed by atoms with E-state index in [1.54, 1.807) is 6.07 Å². The summed E-state index contributed by atoms with van der Waals surface area (Å²) in [4.78, 5) is 0. The van der Waals surface area contributed by atoms with Gasteiger partial charge in [-0.15, -0.1) is 0 Å². The highest BCUT2D eigenvalue weighted by atomic mass is 16.5. The van der Waals surface area contributed by atoms with Crippen molar-refractivity contribution in [2.75, 3.05) is 0 Å². The average Bonchev–Trinajstić information content (AvgIpc) is 2.53. The zero-order valence-corrected chi connectivity index (χ0v) is 5.69. The smallest absolute Gasteiger partial charge is 0.170 e. The maximum Gasteiger partial charge on any atom is 0.170 e. The first-order chi connectivity index (χ1) is 5.25. The minimum Gasteiger partial charge on any atom is -0.380 e. The van der Waals surface area contributed by atoms with Crippen molar-refractivity contribution >= 4 is 0 Å². The van der Waals surface area contributed by atoms with E-state index in [0.29, 0.717) is 0 Å². The van der Waals surface area contributed by atoms with Crippen LogP contribution < -0.4 is 0 Å². The number of rotatable bonds is 2. The van der Waals surface area contributed by atoms with E-state index in [1.165, 1.54) is 12.3 Å². The van der Waals surface area contributed by atoms with Crippen LogP contribution >= 0.6 is 0 Å². The molecule has 0 saturated heterocycles. The monoisotopic (exact) mass is 150 g/mol. The first-order valence-corrected chi connectivity index (χ1v) is 2.93. The first kappa shape index (κ1) is 7.51. The molecule has 1 unspecified atom stereocenters. The van der Waals surface area contributed by atoms with Crippen molar-refractivity contribution < 1.29 is 9.63 Å². The van der Waals surface area contributed by atoms with Crippen LogP contribution in [0.1, 0.15) is 11.9 Å². The van der Waals surface area contributed by atoms with Crippen molar-refractivity contribution in [3.05, 3.63) is 30.2 Å². The molecule has 1 aromatic heterocycles. The van der Waals surface area contributed by atoms with Crippen LogP contribution in [0.3, 0.4) is 0 Å². The van der Waals surface area contributed by atoms with E-state index in [-0.39, 0.29) is 11.3 Å². The van der Waals surface area contributed by atoms with Crippen molar-refractivity contribution in [3.63, 3.8) is 0 Å². The molecule has 1 atom stereocenters. The van der Waals surface area contributed by atoms with Gasteiger partial charge in [0.25, 0.3) is 0 Å². The van der Waals surface area contributed by atoms with E-state index < -0.39 is 6.10 Å². The van der Waals surface area contributed by atoms with Crippen LogP contribution in [0.15, 0.2) is 28.9 Å². The highest BCUT2D eigenvalue weighted by Crippen LogP contribution is 2.17. The molecule has 0 radical (unpaired) electrons. The van der Waals surface area contributed by atoms with Crippen LogP contribution in [0.25, 0.3) is 0 Å². The lowest BCUT2D eigenvalue weighted by Crippen LogP contribution is -1.96. The van der Waals surface area contributed by atoms with E-state index in [9.17, 15) is 5.11 Å². The first-order valence-electron chi connectivity index (χ1n) is 2.93. The lowest BCUT2D eigenvalue weighted by molar-refractivity contribution is 0.177. The van der Waals surface area contributed by atoms with Gasteiger partial charge < -0.3 is 9.63 Å². The maximum atomic E-state index is 9.22. The Kier molecular flexibility index (Phi) is 2.04. The molecular formula is C7H6N2O2. The van der Waals surface area contributed by atoms with Gasteiger partial charge in [-0.25, -0.2) is 0 Å². The Morgan fingerprint density at radius 1 is 1.91 bits per heavy atom. The van der Waals surface area contributed by atoms with Gasteiger partial charge in [-0.05, 0) is 0 Å². The summed E-state index contributed by atoms with van der Waals surface area (Å²) in [5.74, 6) is 0.233. The molecule has 0 amide bonds. The Morgan fingerprint density at radius 3 is 3.09 bits per heavy atom. The molecule has 0 aliphatic carbocycles. The van der Waals surface area contributed by atoms with E-state index in [1.807, 2.05) is 0 Å². The van der Waals surface area contributed by atoms with Gasteiger partial charge in [-0.2, -0.15) is 5.26 Å². The molecule has 0 bridgehead atoms. The normalized spacial score (nSPS) is 12.0. The molecule has 0 spiro atoms. The molecule has 11 heavy (non-hydrogen) atoms. The fourth-order valence-electron chi connectivity index (χ4n) is 0.600. The second-order valence-electron chi connectivity index (χ2n) is 1.95. The molecule has 0 saturated carbocycles. The number of aromatic nitrogens is 1. The second-order valence-corrected chi connectivity index (χ2v) is 1.95. The van der Waals surface area contributed by atoms with Crippen molar-refractivity contribution in [1.82, 2.24) is 5.16 Å². The zero-order valence-electron chi connectivity index (χ0n) is 5.69. The Bertz CT molecular complexity index is 284. The number of hydrogen-bond acceptors (Lipinski definition) is 4. The van der Waals surface area contributed by atoms with Crippen LogP contribution in [-0.4, -0.2) is 10.3 Å². The van der Waals surface area contributed by atoms with Crippen LogP contribution in [-0.2, 0) is 0 Å². The summed E-state index contributed by atoms with van der Waals surface area (Å²) in [5, 5.41) is 20.9. The maximum absolute atomic E-state index is 9.22. The minimum atomic E-state index is -1.07. The summed E-state index contributed by atoms with van der Waals surface area (Å²) >= 11 is 0. The molecule has 56 valence electrons. The molecule has 4 heteroatoms. The van der Waals surface area contributed by atoms with Crippen LogP contribution in [0.2, 0.25) is 0 Å². The summed E-state index contributed by atoms with van der Waals surface area (Å²) in [6.07, 6.45) is 0.325. The third-order valence-corrected chi connectivity index (χ3v) is 1.20. The van der Waals surface area contributed by atoms with Gasteiger partial charge in [-0.3, -0.25) is 0 Å². The molecule has 0 aliphatic rings. The van der Waals surface area contributed by atoms with Gasteiger partial charge in [0.15, 0.2) is 5.76 Å². The topological polar surface area (TPSA) is 70.0 Å². The van der Waals surface area contributed by atoms with Gasteiger partial charge >= 0.3 is 0 Å². The van der Waals surface area contributed by atoms with Gasteiger partial charge in [0.2, 0.25) is 0 Å². The van der Waals surface area contributed by atoms with Gasteiger partial charge in [0.1, 0.15) is 6.10 Å². The molecule has 1 rings (SSSR count). The fraction of sp³-hybridized carbons (Fsp3) is 0.143. The predicted molar refractivity (Wildman–Crippen MR) is 36.2 cm³/mol. The van der Waals surface area contributed by atoms with Crippen molar-refractivity contribution in [1.29, 1.82) is 5.26 Å². The SMILES string of the molecule is C=C(C#N)C(O)c1ccno1. The summed E-state index contributed by atoms with van der Waals surface area (Å²) in [5.41, 5.74) is 0.0433. The van der Waals surface area contributed by atoms with E-state index >= 15 is 0 Å². The number of aliphatic hydroxyl groups excluding tert-OH is 1. The lowest BCUT2D eigenvalue weighted by Gasteiger charge is -2.00. The predicted octanol–water partition coefficient (Wildman–Crippen LogP) is 0.788. The van der Waals surface area contributed by atoms with Crippen molar-refractivity contribution in [2.45, 2.75) is 6.10 Å². The standard InChI is InChI=1S/C7H6N2O2/c1-5(4-8)7(10)6-2-3-9-11-6/h2-3,7,10H,1H2. The van der Waals surface area contributed by atoms with Crippen LogP contribution in [0.4, 0.5) is 0 Å². The average molecular weight is 150 g/mol. The molecule has 1 heterocycles. The van der Waals surface area contributed by atoms with Gasteiger partial charge in [0, 0.05) is 6.07 Å².